The molecule has 1 N–H and O–H groups in total. The molecule has 3 rings (SSSR count). The molecular formula is C21H22ClFN2O3. The summed E-state index contributed by atoms with van der Waals surface area (Å²) in [4.78, 5) is 28.1. The predicted molar refractivity (Wildman–Crippen MR) is 106 cm³/mol. The van der Waals surface area contributed by atoms with Gasteiger partial charge in [-0.25, -0.2) is 4.39 Å². The second-order valence-corrected chi connectivity index (χ2v) is 7.53. The second-order valence-electron chi connectivity index (χ2n) is 7.05. The fourth-order valence-electron chi connectivity index (χ4n) is 3.02. The van der Waals surface area contributed by atoms with Gasteiger partial charge in [0.05, 0.1) is 0 Å². The number of benzene rings is 1. The number of aliphatic hydroxyl groups is 1. The minimum atomic E-state index is -1.17. The molecule has 1 aliphatic carbocycles. The van der Waals surface area contributed by atoms with Gasteiger partial charge in [-0.05, 0) is 48.8 Å². The van der Waals surface area contributed by atoms with Gasteiger partial charge >= 0.3 is 0 Å². The third-order valence-electron chi connectivity index (χ3n) is 4.86. The molecule has 2 amide bonds. The highest BCUT2D eigenvalue weighted by atomic mass is 35.5. The highest BCUT2D eigenvalue weighted by Crippen LogP contribution is 2.37. The lowest BCUT2D eigenvalue weighted by Gasteiger charge is -2.35. The molecule has 2 aliphatic rings. The fourth-order valence-corrected chi connectivity index (χ4v) is 3.08. The summed E-state index contributed by atoms with van der Waals surface area (Å²) in [6.45, 7) is 5.12. The summed E-state index contributed by atoms with van der Waals surface area (Å²) in [5, 5.41) is 10.2. The monoisotopic (exact) mass is 404 g/mol. The Morgan fingerprint density at radius 2 is 1.64 bits per heavy atom. The van der Waals surface area contributed by atoms with E-state index in [1.54, 1.807) is 34.1 Å². The fraction of sp³-hybridized carbons (Fsp3) is 0.333. The van der Waals surface area contributed by atoms with Crippen molar-refractivity contribution in [3.63, 3.8) is 0 Å². The van der Waals surface area contributed by atoms with Gasteiger partial charge < -0.3 is 14.9 Å². The molecule has 0 radical (unpaired) electrons. The van der Waals surface area contributed by atoms with Gasteiger partial charge in [0.25, 0.3) is 11.8 Å². The number of nitrogens with zero attached hydrogens (tertiary/aromatic N) is 2. The number of rotatable bonds is 5. The lowest BCUT2D eigenvalue weighted by Crippen LogP contribution is -2.53. The van der Waals surface area contributed by atoms with Gasteiger partial charge in [0.15, 0.2) is 0 Å². The molecule has 1 heterocycles. The first-order valence-electron chi connectivity index (χ1n) is 9.09. The van der Waals surface area contributed by atoms with Crippen LogP contribution in [0.25, 0.3) is 6.08 Å². The summed E-state index contributed by atoms with van der Waals surface area (Å²) in [5.74, 6) is -0.838. The average Bonchev–Trinajstić information content (AvgIpc) is 3.44. The molecule has 148 valence electrons. The molecule has 1 aromatic carbocycles. The number of hydrogen-bond acceptors (Lipinski definition) is 3. The number of allylic oxidation sites excluding steroid dienone is 4. The lowest BCUT2D eigenvalue weighted by atomic mass is 10.1. The Morgan fingerprint density at radius 3 is 2.18 bits per heavy atom. The molecule has 1 saturated heterocycles. The number of amides is 2. The van der Waals surface area contributed by atoms with Crippen molar-refractivity contribution < 1.29 is 19.1 Å². The van der Waals surface area contributed by atoms with Crippen LogP contribution in [0.3, 0.4) is 0 Å². The zero-order chi connectivity index (χ0) is 20.3. The van der Waals surface area contributed by atoms with Gasteiger partial charge in [0.2, 0.25) is 0 Å². The van der Waals surface area contributed by atoms with Gasteiger partial charge in [0, 0.05) is 36.8 Å². The third-order valence-corrected chi connectivity index (χ3v) is 4.99. The summed E-state index contributed by atoms with van der Waals surface area (Å²) in [7, 11) is 0. The lowest BCUT2D eigenvalue weighted by molar-refractivity contribution is -0.143. The third kappa shape index (κ3) is 4.88. The molecule has 2 fully saturated rings. The first-order valence-corrected chi connectivity index (χ1v) is 9.47. The van der Waals surface area contributed by atoms with Crippen LogP contribution < -0.4 is 0 Å². The zero-order valence-corrected chi connectivity index (χ0v) is 16.2. The number of hydrogen-bond donors (Lipinski definition) is 1. The van der Waals surface area contributed by atoms with Gasteiger partial charge in [0.1, 0.15) is 11.4 Å². The maximum absolute atomic E-state index is 13.7. The van der Waals surface area contributed by atoms with Crippen molar-refractivity contribution in [3.05, 3.63) is 65.0 Å². The van der Waals surface area contributed by atoms with E-state index in [-0.39, 0.29) is 16.8 Å². The minimum Gasteiger partial charge on any atom is -0.380 e. The first-order chi connectivity index (χ1) is 13.3. The van der Waals surface area contributed by atoms with Crippen molar-refractivity contribution in [3.8, 4) is 0 Å². The summed E-state index contributed by atoms with van der Waals surface area (Å²) in [6.07, 6.45) is 4.94. The Kier molecular flexibility index (Phi) is 6.01. The van der Waals surface area contributed by atoms with E-state index in [4.69, 9.17) is 11.6 Å². The molecule has 0 bridgehead atoms. The van der Waals surface area contributed by atoms with Crippen molar-refractivity contribution in [2.45, 2.75) is 18.4 Å². The first kappa shape index (κ1) is 20.3. The van der Waals surface area contributed by atoms with E-state index in [9.17, 15) is 19.1 Å². The Bertz CT molecular complexity index is 836. The average molecular weight is 405 g/mol. The molecule has 0 unspecified atom stereocenters. The Morgan fingerprint density at radius 1 is 1.07 bits per heavy atom. The van der Waals surface area contributed by atoms with E-state index < -0.39 is 11.4 Å². The Hall–Kier alpha value is -2.44. The SMILES string of the molecule is C=C(Cl)/C=C\C(F)=C\c1ccc(C(=O)N2CCN(C(=O)C3(O)CC3)CC2)cc1. The highest BCUT2D eigenvalue weighted by Gasteiger charge is 2.50. The molecule has 1 saturated carbocycles. The van der Waals surface area contributed by atoms with Crippen LogP contribution in [0.2, 0.25) is 0 Å². The van der Waals surface area contributed by atoms with E-state index in [2.05, 4.69) is 6.58 Å². The molecular weight excluding hydrogens is 383 g/mol. The standard InChI is InChI=1S/C21H22ClFN2O3/c1-15(22)2-7-18(23)14-16-3-5-17(6-4-16)19(26)24-10-12-25(13-11-24)20(27)21(28)8-9-21/h2-7,14,28H,1,8-13H2/b7-2-,18-14-. The van der Waals surface area contributed by atoms with Crippen molar-refractivity contribution in [1.29, 1.82) is 0 Å². The summed E-state index contributed by atoms with van der Waals surface area (Å²) >= 11 is 5.55. The van der Waals surface area contributed by atoms with Crippen LogP contribution in [0.5, 0.6) is 0 Å². The largest absolute Gasteiger partial charge is 0.380 e. The van der Waals surface area contributed by atoms with Gasteiger partial charge in [-0.2, -0.15) is 0 Å². The molecule has 1 aromatic rings. The second kappa shape index (κ2) is 8.29. The molecule has 7 heteroatoms. The smallest absolute Gasteiger partial charge is 0.254 e. The van der Waals surface area contributed by atoms with E-state index in [1.807, 2.05) is 0 Å². The van der Waals surface area contributed by atoms with E-state index >= 15 is 0 Å². The van der Waals surface area contributed by atoms with E-state index in [1.165, 1.54) is 18.2 Å². The number of carbonyl (C=O) groups excluding carboxylic acids is 2. The van der Waals surface area contributed by atoms with Crippen LogP contribution in [0.4, 0.5) is 4.39 Å². The number of carbonyl (C=O) groups is 2. The molecule has 28 heavy (non-hydrogen) atoms. The van der Waals surface area contributed by atoms with Crippen molar-refractivity contribution >= 4 is 29.5 Å². The number of piperazine rings is 1. The van der Waals surface area contributed by atoms with Crippen molar-refractivity contribution in [2.24, 2.45) is 0 Å². The number of halogens is 2. The summed E-state index contributed by atoms with van der Waals surface area (Å²) < 4.78 is 13.7. The van der Waals surface area contributed by atoms with E-state index in [0.29, 0.717) is 50.1 Å². The molecule has 0 atom stereocenters. The van der Waals surface area contributed by atoms with Crippen molar-refractivity contribution in [1.82, 2.24) is 9.80 Å². The van der Waals surface area contributed by atoms with E-state index in [0.717, 1.165) is 0 Å². The van der Waals surface area contributed by atoms with Crippen LogP contribution in [-0.4, -0.2) is 58.5 Å². The minimum absolute atomic E-state index is 0.133. The van der Waals surface area contributed by atoms with Gasteiger partial charge in [-0.3, -0.25) is 9.59 Å². The maximum Gasteiger partial charge on any atom is 0.254 e. The molecule has 5 nitrogen and oxygen atoms in total. The highest BCUT2D eigenvalue weighted by molar-refractivity contribution is 6.30. The molecule has 1 aliphatic heterocycles. The van der Waals surface area contributed by atoms with Gasteiger partial charge in [-0.1, -0.05) is 30.3 Å². The van der Waals surface area contributed by atoms with Crippen LogP contribution in [0.1, 0.15) is 28.8 Å². The Labute approximate surface area is 168 Å². The summed E-state index contributed by atoms with van der Waals surface area (Å²) in [5.41, 5.74) is -0.0495. The van der Waals surface area contributed by atoms with Crippen LogP contribution in [0, 0.1) is 0 Å². The van der Waals surface area contributed by atoms with Crippen LogP contribution >= 0.6 is 11.6 Å². The molecule has 0 spiro atoms. The quantitative estimate of drug-likeness (QED) is 0.767. The summed E-state index contributed by atoms with van der Waals surface area (Å²) in [6, 6.07) is 6.63. The zero-order valence-electron chi connectivity index (χ0n) is 15.4. The van der Waals surface area contributed by atoms with Crippen LogP contribution in [0.15, 0.2) is 53.9 Å². The van der Waals surface area contributed by atoms with Crippen molar-refractivity contribution in [2.75, 3.05) is 26.2 Å². The Balaban J connectivity index is 1.57. The van der Waals surface area contributed by atoms with Crippen LogP contribution in [-0.2, 0) is 4.79 Å². The molecule has 0 aromatic heterocycles. The topological polar surface area (TPSA) is 60.9 Å². The van der Waals surface area contributed by atoms with Gasteiger partial charge in [-0.15, -0.1) is 0 Å². The predicted octanol–water partition coefficient (Wildman–Crippen LogP) is 3.12. The maximum atomic E-state index is 13.7. The normalized spacial score (nSPS) is 19.0.